The van der Waals surface area contributed by atoms with E-state index in [-0.39, 0.29) is 0 Å². The second-order valence-corrected chi connectivity index (χ2v) is 5.41. The van der Waals surface area contributed by atoms with Crippen LogP contribution in [-0.2, 0) is 11.3 Å². The van der Waals surface area contributed by atoms with Crippen LogP contribution in [0.5, 0.6) is 5.75 Å². The minimum Gasteiger partial charge on any atom is -0.497 e. The lowest BCUT2D eigenvalue weighted by Gasteiger charge is -2.26. The van der Waals surface area contributed by atoms with Crippen molar-refractivity contribution in [2.24, 2.45) is 0 Å². The molecule has 3 rings (SSSR count). The van der Waals surface area contributed by atoms with Crippen LogP contribution in [0.1, 0.15) is 6.42 Å². The van der Waals surface area contributed by atoms with E-state index in [0.717, 1.165) is 62.8 Å². The average Bonchev–Trinajstić information content (AvgIpc) is 3.05. The number of ether oxygens (including phenoxy) is 2. The van der Waals surface area contributed by atoms with Crippen molar-refractivity contribution in [2.75, 3.05) is 40.0 Å². The van der Waals surface area contributed by atoms with Gasteiger partial charge in [0.1, 0.15) is 11.4 Å². The number of aryl methyl sites for hydroxylation is 1. The maximum atomic E-state index is 5.36. The fraction of sp³-hybridized carbons (Fsp3) is 0.500. The summed E-state index contributed by atoms with van der Waals surface area (Å²) in [6.45, 7) is 5.73. The summed E-state index contributed by atoms with van der Waals surface area (Å²) in [6.07, 6.45) is 3.06. The van der Waals surface area contributed by atoms with Crippen LogP contribution in [0.15, 0.2) is 30.5 Å². The molecule has 1 aliphatic heterocycles. The zero-order chi connectivity index (χ0) is 15.2. The van der Waals surface area contributed by atoms with E-state index in [1.165, 1.54) is 0 Å². The number of nitrogens with zero attached hydrogens (tertiary/aromatic N) is 4. The molecule has 1 saturated heterocycles. The largest absolute Gasteiger partial charge is 0.497 e. The van der Waals surface area contributed by atoms with Crippen LogP contribution in [0.2, 0.25) is 0 Å². The van der Waals surface area contributed by atoms with Crippen molar-refractivity contribution >= 4 is 0 Å². The van der Waals surface area contributed by atoms with Crippen LogP contribution in [0.4, 0.5) is 0 Å². The SMILES string of the molecule is COc1cccc(-c2cn(CCCN3CCOCC3)nn2)c1. The molecule has 1 aliphatic rings. The Morgan fingerprint density at radius 1 is 1.23 bits per heavy atom. The summed E-state index contributed by atoms with van der Waals surface area (Å²) in [4.78, 5) is 2.43. The van der Waals surface area contributed by atoms with Crippen LogP contribution in [-0.4, -0.2) is 59.9 Å². The van der Waals surface area contributed by atoms with E-state index in [4.69, 9.17) is 9.47 Å². The van der Waals surface area contributed by atoms with Crippen LogP contribution in [0, 0.1) is 0 Å². The maximum Gasteiger partial charge on any atom is 0.119 e. The third-order valence-corrected chi connectivity index (χ3v) is 3.87. The molecule has 0 amide bonds. The molecule has 2 heterocycles. The second kappa shape index (κ2) is 7.38. The van der Waals surface area contributed by atoms with Crippen LogP contribution in [0.3, 0.4) is 0 Å². The minimum atomic E-state index is 0.833. The first-order valence-electron chi connectivity index (χ1n) is 7.70. The summed E-state index contributed by atoms with van der Waals surface area (Å²) in [6, 6.07) is 7.88. The summed E-state index contributed by atoms with van der Waals surface area (Å²) >= 11 is 0. The number of hydrogen-bond acceptors (Lipinski definition) is 5. The summed E-state index contributed by atoms with van der Waals surface area (Å²) in [5.41, 5.74) is 1.91. The molecule has 1 aromatic heterocycles. The van der Waals surface area contributed by atoms with Gasteiger partial charge >= 0.3 is 0 Å². The molecule has 0 atom stereocenters. The third-order valence-electron chi connectivity index (χ3n) is 3.87. The van der Waals surface area contributed by atoms with Gasteiger partial charge in [-0.05, 0) is 18.6 Å². The van der Waals surface area contributed by atoms with Crippen LogP contribution in [0.25, 0.3) is 11.3 Å². The smallest absolute Gasteiger partial charge is 0.119 e. The van der Waals surface area contributed by atoms with Crippen molar-refractivity contribution in [1.82, 2.24) is 19.9 Å². The van der Waals surface area contributed by atoms with Crippen molar-refractivity contribution in [3.8, 4) is 17.0 Å². The number of rotatable bonds is 6. The van der Waals surface area contributed by atoms with Gasteiger partial charge in [-0.15, -0.1) is 5.10 Å². The molecule has 0 spiro atoms. The zero-order valence-corrected chi connectivity index (χ0v) is 12.9. The van der Waals surface area contributed by atoms with E-state index in [1.54, 1.807) is 7.11 Å². The summed E-state index contributed by atoms with van der Waals surface area (Å²) in [5, 5.41) is 8.46. The van der Waals surface area contributed by atoms with Gasteiger partial charge in [0.15, 0.2) is 0 Å². The number of morpholine rings is 1. The van der Waals surface area contributed by atoms with E-state index in [9.17, 15) is 0 Å². The highest BCUT2D eigenvalue weighted by molar-refractivity contribution is 5.59. The second-order valence-electron chi connectivity index (χ2n) is 5.41. The van der Waals surface area contributed by atoms with E-state index < -0.39 is 0 Å². The normalized spacial score (nSPS) is 15.9. The van der Waals surface area contributed by atoms with E-state index >= 15 is 0 Å². The Labute approximate surface area is 130 Å². The lowest BCUT2D eigenvalue weighted by Crippen LogP contribution is -2.37. The van der Waals surface area contributed by atoms with Crippen molar-refractivity contribution in [3.63, 3.8) is 0 Å². The highest BCUT2D eigenvalue weighted by atomic mass is 16.5. The lowest BCUT2D eigenvalue weighted by molar-refractivity contribution is 0.0368. The monoisotopic (exact) mass is 302 g/mol. The molecule has 0 saturated carbocycles. The summed E-state index contributed by atoms with van der Waals surface area (Å²) in [5.74, 6) is 0.833. The number of hydrogen-bond donors (Lipinski definition) is 0. The van der Waals surface area contributed by atoms with Gasteiger partial charge in [-0.25, -0.2) is 0 Å². The van der Waals surface area contributed by atoms with Gasteiger partial charge in [0.25, 0.3) is 0 Å². The lowest BCUT2D eigenvalue weighted by atomic mass is 10.1. The molecule has 0 aliphatic carbocycles. The molecule has 22 heavy (non-hydrogen) atoms. The molecular weight excluding hydrogens is 280 g/mol. The Morgan fingerprint density at radius 3 is 2.91 bits per heavy atom. The quantitative estimate of drug-likeness (QED) is 0.812. The molecule has 0 unspecified atom stereocenters. The molecule has 0 N–H and O–H groups in total. The Balaban J connectivity index is 1.54. The first kappa shape index (κ1) is 15.0. The molecular formula is C16H22N4O2. The Morgan fingerprint density at radius 2 is 2.09 bits per heavy atom. The molecule has 0 bridgehead atoms. The molecule has 6 heteroatoms. The van der Waals surface area contributed by atoms with Crippen molar-refractivity contribution in [3.05, 3.63) is 30.5 Å². The Hall–Kier alpha value is -1.92. The standard InChI is InChI=1S/C16H22N4O2/c1-21-15-5-2-4-14(12-15)16-13-20(18-17-16)7-3-6-19-8-10-22-11-9-19/h2,4-5,12-13H,3,6-11H2,1H3. The average molecular weight is 302 g/mol. The molecule has 0 radical (unpaired) electrons. The van der Waals surface area contributed by atoms with Gasteiger partial charge in [0, 0.05) is 31.7 Å². The maximum absolute atomic E-state index is 5.36. The fourth-order valence-electron chi connectivity index (χ4n) is 2.60. The molecule has 118 valence electrons. The predicted octanol–water partition coefficient (Wildman–Crippen LogP) is 1.68. The first-order valence-corrected chi connectivity index (χ1v) is 7.70. The zero-order valence-electron chi connectivity index (χ0n) is 12.9. The van der Waals surface area contributed by atoms with Crippen molar-refractivity contribution < 1.29 is 9.47 Å². The minimum absolute atomic E-state index is 0.833. The first-order chi connectivity index (χ1) is 10.8. The molecule has 2 aromatic rings. The third kappa shape index (κ3) is 3.84. The van der Waals surface area contributed by atoms with Crippen molar-refractivity contribution in [1.29, 1.82) is 0 Å². The Bertz CT molecular complexity index is 593. The predicted molar refractivity (Wildman–Crippen MR) is 83.9 cm³/mol. The van der Waals surface area contributed by atoms with Gasteiger partial charge in [-0.3, -0.25) is 9.58 Å². The number of aromatic nitrogens is 3. The van der Waals surface area contributed by atoms with E-state index in [0.29, 0.717) is 0 Å². The Kier molecular flexibility index (Phi) is 5.03. The fourth-order valence-corrected chi connectivity index (χ4v) is 2.60. The highest BCUT2D eigenvalue weighted by Crippen LogP contribution is 2.21. The van der Waals surface area contributed by atoms with E-state index in [1.807, 2.05) is 35.1 Å². The topological polar surface area (TPSA) is 52.4 Å². The highest BCUT2D eigenvalue weighted by Gasteiger charge is 2.10. The van der Waals surface area contributed by atoms with Gasteiger partial charge in [0.2, 0.25) is 0 Å². The molecule has 1 fully saturated rings. The molecule has 1 aromatic carbocycles. The summed E-state index contributed by atoms with van der Waals surface area (Å²) in [7, 11) is 1.67. The number of methoxy groups -OCH3 is 1. The van der Waals surface area contributed by atoms with Crippen molar-refractivity contribution in [2.45, 2.75) is 13.0 Å². The molecule has 6 nitrogen and oxygen atoms in total. The van der Waals surface area contributed by atoms with E-state index in [2.05, 4.69) is 15.2 Å². The van der Waals surface area contributed by atoms with Gasteiger partial charge < -0.3 is 9.47 Å². The van der Waals surface area contributed by atoms with Crippen LogP contribution < -0.4 is 4.74 Å². The number of benzene rings is 1. The van der Waals surface area contributed by atoms with Gasteiger partial charge in [-0.1, -0.05) is 17.3 Å². The van der Waals surface area contributed by atoms with Crippen LogP contribution >= 0.6 is 0 Å². The van der Waals surface area contributed by atoms with Gasteiger partial charge in [0.05, 0.1) is 26.5 Å². The van der Waals surface area contributed by atoms with Gasteiger partial charge in [-0.2, -0.15) is 0 Å². The summed E-state index contributed by atoms with van der Waals surface area (Å²) < 4.78 is 12.5.